The van der Waals surface area contributed by atoms with Gasteiger partial charge in [-0.15, -0.1) is 17.5 Å². The van der Waals surface area contributed by atoms with Crippen LogP contribution in [-0.4, -0.2) is 26.1 Å². The van der Waals surface area contributed by atoms with Gasteiger partial charge in [-0.3, -0.25) is 0 Å². The summed E-state index contributed by atoms with van der Waals surface area (Å²) in [7, 11) is 0. The minimum Gasteiger partial charge on any atom is -0.476 e. The Balaban J connectivity index is 0.00000162. The van der Waals surface area contributed by atoms with Gasteiger partial charge in [-0.25, -0.2) is 9.48 Å². The molecule has 0 aliphatic carbocycles. The van der Waals surface area contributed by atoms with Gasteiger partial charge >= 0.3 is 5.97 Å². The zero-order valence-corrected chi connectivity index (χ0v) is 11.1. The quantitative estimate of drug-likeness (QED) is 0.941. The first-order valence-electron chi connectivity index (χ1n) is 4.96. The van der Waals surface area contributed by atoms with Gasteiger partial charge < -0.3 is 5.11 Å². The summed E-state index contributed by atoms with van der Waals surface area (Å²) in [6.07, 6.45) is 0. The van der Waals surface area contributed by atoms with Gasteiger partial charge in [0.05, 0.1) is 12.2 Å². The Morgan fingerprint density at radius 1 is 1.44 bits per heavy atom. The summed E-state index contributed by atoms with van der Waals surface area (Å²) in [6.45, 7) is 2.08. The van der Waals surface area contributed by atoms with E-state index >= 15 is 0 Å². The van der Waals surface area contributed by atoms with Crippen molar-refractivity contribution in [2.75, 3.05) is 0 Å². The maximum atomic E-state index is 10.8. The highest BCUT2D eigenvalue weighted by atomic mass is 35.5. The number of benzene rings is 1. The standard InChI is InChI=1S/C11H10ClN3O2.ClH/c1-7-10(11(16)17)13-14-15(7)6-8-4-2-3-5-9(8)12;/h2-5H,6H2,1H3,(H,16,17);1H. The van der Waals surface area contributed by atoms with E-state index in [2.05, 4.69) is 10.3 Å². The zero-order chi connectivity index (χ0) is 12.4. The Kier molecular flexibility index (Phi) is 4.69. The Bertz CT molecular complexity index is 569. The van der Waals surface area contributed by atoms with Gasteiger partial charge in [0.15, 0.2) is 5.69 Å². The highest BCUT2D eigenvalue weighted by molar-refractivity contribution is 6.31. The van der Waals surface area contributed by atoms with E-state index in [1.807, 2.05) is 18.2 Å². The fourth-order valence-electron chi connectivity index (χ4n) is 1.50. The minimum absolute atomic E-state index is 0. The van der Waals surface area contributed by atoms with E-state index in [1.54, 1.807) is 13.0 Å². The highest BCUT2D eigenvalue weighted by Crippen LogP contribution is 2.16. The van der Waals surface area contributed by atoms with Crippen molar-refractivity contribution in [3.05, 3.63) is 46.2 Å². The number of aromatic nitrogens is 3. The van der Waals surface area contributed by atoms with Gasteiger partial charge in [0.1, 0.15) is 0 Å². The highest BCUT2D eigenvalue weighted by Gasteiger charge is 2.15. The molecule has 1 heterocycles. The molecular formula is C11H11Cl2N3O2. The maximum Gasteiger partial charge on any atom is 0.358 e. The Morgan fingerprint density at radius 3 is 2.67 bits per heavy atom. The Labute approximate surface area is 115 Å². The molecule has 96 valence electrons. The summed E-state index contributed by atoms with van der Waals surface area (Å²) < 4.78 is 1.52. The predicted molar refractivity (Wildman–Crippen MR) is 69.5 cm³/mol. The van der Waals surface area contributed by atoms with Crippen LogP contribution in [0, 0.1) is 6.92 Å². The normalized spacial score (nSPS) is 9.89. The molecule has 0 unspecified atom stereocenters. The third-order valence-electron chi connectivity index (χ3n) is 2.46. The van der Waals surface area contributed by atoms with Crippen molar-refractivity contribution in [2.24, 2.45) is 0 Å². The smallest absolute Gasteiger partial charge is 0.358 e. The molecule has 0 fully saturated rings. The van der Waals surface area contributed by atoms with Gasteiger partial charge in [0.25, 0.3) is 0 Å². The molecule has 0 saturated heterocycles. The molecule has 0 spiro atoms. The first kappa shape index (κ1) is 14.5. The van der Waals surface area contributed by atoms with Crippen LogP contribution in [0.3, 0.4) is 0 Å². The lowest BCUT2D eigenvalue weighted by molar-refractivity contribution is 0.0689. The fourth-order valence-corrected chi connectivity index (χ4v) is 1.69. The molecule has 0 atom stereocenters. The van der Waals surface area contributed by atoms with Crippen molar-refractivity contribution >= 4 is 30.0 Å². The van der Waals surface area contributed by atoms with Crippen molar-refractivity contribution in [2.45, 2.75) is 13.5 Å². The van der Waals surface area contributed by atoms with Crippen molar-refractivity contribution in [3.63, 3.8) is 0 Å². The first-order chi connectivity index (χ1) is 8.09. The summed E-state index contributed by atoms with van der Waals surface area (Å²) in [5.41, 5.74) is 1.36. The van der Waals surface area contributed by atoms with Crippen LogP contribution < -0.4 is 0 Å². The molecule has 1 aromatic carbocycles. The van der Waals surface area contributed by atoms with Crippen LogP contribution in [0.15, 0.2) is 24.3 Å². The van der Waals surface area contributed by atoms with E-state index in [-0.39, 0.29) is 18.1 Å². The van der Waals surface area contributed by atoms with Gasteiger partial charge in [-0.05, 0) is 18.6 Å². The number of aromatic carboxylic acids is 1. The second-order valence-electron chi connectivity index (χ2n) is 3.58. The monoisotopic (exact) mass is 287 g/mol. The van der Waals surface area contributed by atoms with Gasteiger partial charge in [0, 0.05) is 5.02 Å². The zero-order valence-electron chi connectivity index (χ0n) is 9.50. The average Bonchev–Trinajstić information content (AvgIpc) is 2.64. The summed E-state index contributed by atoms with van der Waals surface area (Å²) in [6, 6.07) is 7.35. The third kappa shape index (κ3) is 2.80. The molecule has 0 amide bonds. The molecule has 0 radical (unpaired) electrons. The number of hydrogen-bond donors (Lipinski definition) is 1. The lowest BCUT2D eigenvalue weighted by Gasteiger charge is -2.05. The first-order valence-corrected chi connectivity index (χ1v) is 5.34. The number of hydrogen-bond acceptors (Lipinski definition) is 3. The Hall–Kier alpha value is -1.59. The molecule has 2 rings (SSSR count). The second-order valence-corrected chi connectivity index (χ2v) is 3.98. The summed E-state index contributed by atoms with van der Waals surface area (Å²) in [4.78, 5) is 10.8. The topological polar surface area (TPSA) is 68.0 Å². The van der Waals surface area contributed by atoms with Crippen LogP contribution in [-0.2, 0) is 6.54 Å². The number of carboxylic acid groups (broad SMARTS) is 1. The number of halogens is 2. The second kappa shape index (κ2) is 5.84. The molecule has 2 aromatic rings. The van der Waals surface area contributed by atoms with Gasteiger partial charge in [0.2, 0.25) is 0 Å². The van der Waals surface area contributed by atoms with Crippen LogP contribution in [0.1, 0.15) is 21.7 Å². The van der Waals surface area contributed by atoms with E-state index in [0.717, 1.165) is 5.56 Å². The van der Waals surface area contributed by atoms with E-state index in [0.29, 0.717) is 17.3 Å². The largest absolute Gasteiger partial charge is 0.476 e. The van der Waals surface area contributed by atoms with Crippen LogP contribution in [0.4, 0.5) is 0 Å². The maximum absolute atomic E-state index is 10.8. The lowest BCUT2D eigenvalue weighted by atomic mass is 10.2. The molecular weight excluding hydrogens is 277 g/mol. The number of carboxylic acids is 1. The molecule has 5 nitrogen and oxygen atoms in total. The Morgan fingerprint density at radius 2 is 2.11 bits per heavy atom. The molecule has 18 heavy (non-hydrogen) atoms. The number of nitrogens with zero attached hydrogens (tertiary/aromatic N) is 3. The van der Waals surface area contributed by atoms with E-state index in [4.69, 9.17) is 16.7 Å². The van der Waals surface area contributed by atoms with E-state index in [9.17, 15) is 4.79 Å². The lowest BCUT2D eigenvalue weighted by Crippen LogP contribution is -2.06. The molecule has 1 aromatic heterocycles. The molecule has 0 aliphatic rings. The van der Waals surface area contributed by atoms with Crippen LogP contribution >= 0.6 is 24.0 Å². The van der Waals surface area contributed by atoms with E-state index < -0.39 is 5.97 Å². The van der Waals surface area contributed by atoms with Gasteiger partial charge in [-0.2, -0.15) is 0 Å². The summed E-state index contributed by atoms with van der Waals surface area (Å²) in [5, 5.41) is 16.9. The van der Waals surface area contributed by atoms with Crippen LogP contribution in [0.25, 0.3) is 0 Å². The minimum atomic E-state index is -1.08. The molecule has 0 saturated carbocycles. The number of rotatable bonds is 3. The SMILES string of the molecule is Cc1c(C(=O)O)nnn1Cc1ccccc1Cl.Cl. The van der Waals surface area contributed by atoms with Crippen molar-refractivity contribution in [1.29, 1.82) is 0 Å². The molecule has 7 heteroatoms. The molecule has 0 aliphatic heterocycles. The third-order valence-corrected chi connectivity index (χ3v) is 2.83. The summed E-state index contributed by atoms with van der Waals surface area (Å²) in [5.74, 6) is -1.08. The van der Waals surface area contributed by atoms with Crippen molar-refractivity contribution in [1.82, 2.24) is 15.0 Å². The fraction of sp³-hybridized carbons (Fsp3) is 0.182. The van der Waals surface area contributed by atoms with Crippen LogP contribution in [0.2, 0.25) is 5.02 Å². The number of carbonyl (C=O) groups is 1. The molecule has 1 N–H and O–H groups in total. The van der Waals surface area contributed by atoms with Crippen LogP contribution in [0.5, 0.6) is 0 Å². The van der Waals surface area contributed by atoms with Crippen molar-refractivity contribution in [3.8, 4) is 0 Å². The van der Waals surface area contributed by atoms with Crippen molar-refractivity contribution < 1.29 is 9.90 Å². The van der Waals surface area contributed by atoms with E-state index in [1.165, 1.54) is 4.68 Å². The summed E-state index contributed by atoms with van der Waals surface area (Å²) >= 11 is 6.02. The van der Waals surface area contributed by atoms with Gasteiger partial charge in [-0.1, -0.05) is 35.0 Å². The molecule has 0 bridgehead atoms. The predicted octanol–water partition coefficient (Wildman–Crippen LogP) is 2.41. The average molecular weight is 288 g/mol.